The van der Waals surface area contributed by atoms with E-state index < -0.39 is 0 Å². The molecule has 0 saturated heterocycles. The van der Waals surface area contributed by atoms with Crippen molar-refractivity contribution in [3.8, 4) is 0 Å². The van der Waals surface area contributed by atoms with E-state index in [9.17, 15) is 8.78 Å². The first-order chi connectivity index (χ1) is 13.3. The molecule has 0 spiro atoms. The van der Waals surface area contributed by atoms with Gasteiger partial charge in [-0.25, -0.2) is 8.78 Å². The van der Waals surface area contributed by atoms with E-state index in [-0.39, 0.29) is 11.6 Å². The highest BCUT2D eigenvalue weighted by Crippen LogP contribution is 2.30. The average molecular weight is 380 g/mol. The molecule has 0 amide bonds. The fraction of sp³-hybridized carbons (Fsp3) is 0.182. The van der Waals surface area contributed by atoms with Crippen LogP contribution in [0, 0.1) is 11.6 Å². The van der Waals surface area contributed by atoms with Crippen molar-refractivity contribution in [3.63, 3.8) is 0 Å². The van der Waals surface area contributed by atoms with E-state index in [0.29, 0.717) is 28.5 Å². The third kappa shape index (κ3) is 4.91. The number of nitrogens with one attached hydrogen (secondary N) is 2. The second kappa shape index (κ2) is 8.17. The van der Waals surface area contributed by atoms with Crippen LogP contribution >= 0.6 is 0 Å². The van der Waals surface area contributed by atoms with Gasteiger partial charge in [0.25, 0.3) is 0 Å². The van der Waals surface area contributed by atoms with E-state index in [4.69, 9.17) is 0 Å². The topological polar surface area (TPSA) is 48.8 Å². The number of nitrogens with zero attached hydrogens (tertiary/aromatic N) is 2. The second-order valence-electron chi connectivity index (χ2n) is 6.73. The van der Waals surface area contributed by atoms with Gasteiger partial charge in [0.15, 0.2) is 0 Å². The third-order valence-electron chi connectivity index (χ3n) is 4.03. The largest absolute Gasteiger partial charge is 0.357 e. The van der Waals surface area contributed by atoms with Gasteiger partial charge in [-0.05, 0) is 70.2 Å². The Morgan fingerprint density at radius 2 is 1.18 bits per heavy atom. The number of rotatable bonds is 0. The molecule has 1 aliphatic heterocycles. The molecule has 0 aliphatic carbocycles. The van der Waals surface area contributed by atoms with Crippen molar-refractivity contribution in [2.24, 2.45) is 9.98 Å². The van der Waals surface area contributed by atoms with Crippen molar-refractivity contribution < 1.29 is 8.78 Å². The van der Waals surface area contributed by atoms with Crippen LogP contribution < -0.4 is 10.6 Å². The molecule has 0 bridgehead atoms. The highest BCUT2D eigenvalue weighted by Gasteiger charge is 2.08. The van der Waals surface area contributed by atoms with Gasteiger partial charge in [-0.1, -0.05) is 0 Å². The Hall–Kier alpha value is -3.28. The minimum absolute atomic E-state index is 0.351. The van der Waals surface area contributed by atoms with Gasteiger partial charge in [0.1, 0.15) is 11.6 Å². The molecule has 0 aromatic heterocycles. The van der Waals surface area contributed by atoms with Crippen LogP contribution in [0.5, 0.6) is 0 Å². The molecule has 2 aromatic carbocycles. The summed E-state index contributed by atoms with van der Waals surface area (Å²) in [5.74, 6) is -0.711. The van der Waals surface area contributed by atoms with Gasteiger partial charge in [-0.15, -0.1) is 0 Å². The van der Waals surface area contributed by atoms with Crippen LogP contribution in [0.3, 0.4) is 0 Å². The van der Waals surface area contributed by atoms with E-state index in [1.165, 1.54) is 24.3 Å². The van der Waals surface area contributed by atoms with E-state index in [2.05, 4.69) is 20.6 Å². The lowest BCUT2D eigenvalue weighted by atomic mass is 10.2. The maximum atomic E-state index is 13.8. The Labute approximate surface area is 163 Å². The maximum absolute atomic E-state index is 13.8. The van der Waals surface area contributed by atoms with E-state index in [0.717, 1.165) is 17.1 Å². The standard InChI is InChI=1S/C22H22F2N4/c1-13-9-14(2)26-20-8-6-18(24)12-22(20)28-16(4)10-15(3)27-21-11-17(23)5-7-19(21)25-13/h5-12,25,28H,1-4H3/b13-9-,16-10-,26-14?,27-15?. The van der Waals surface area contributed by atoms with Crippen molar-refractivity contribution in [1.82, 2.24) is 0 Å². The second-order valence-corrected chi connectivity index (χ2v) is 6.73. The first-order valence-electron chi connectivity index (χ1n) is 8.90. The Balaban J connectivity index is 2.16. The van der Waals surface area contributed by atoms with E-state index in [1.54, 1.807) is 12.1 Å². The molecule has 2 N–H and O–H groups in total. The summed E-state index contributed by atoms with van der Waals surface area (Å²) in [5, 5.41) is 6.42. The molecule has 2 aromatic rings. The molecule has 3 rings (SSSR count). The Morgan fingerprint density at radius 1 is 0.643 bits per heavy atom. The number of halogens is 2. The minimum Gasteiger partial charge on any atom is -0.357 e. The SMILES string of the molecule is CC1=Nc2cc(F)ccc2N/C(C)=C\C(C)=Nc2ccc(F)cc2N/C(C)=C\1. The molecule has 4 nitrogen and oxygen atoms in total. The quantitative estimate of drug-likeness (QED) is 0.548. The van der Waals surface area contributed by atoms with Crippen LogP contribution in [-0.2, 0) is 0 Å². The van der Waals surface area contributed by atoms with Crippen molar-refractivity contribution in [3.05, 3.63) is 71.6 Å². The molecule has 0 fully saturated rings. The molecule has 6 heteroatoms. The summed E-state index contributed by atoms with van der Waals surface area (Å²) in [6, 6.07) is 8.85. The third-order valence-corrected chi connectivity index (χ3v) is 4.03. The first-order valence-corrected chi connectivity index (χ1v) is 8.90. The summed E-state index contributed by atoms with van der Waals surface area (Å²) >= 11 is 0. The summed E-state index contributed by atoms with van der Waals surface area (Å²) in [7, 11) is 0. The van der Waals surface area contributed by atoms with Crippen LogP contribution in [0.25, 0.3) is 0 Å². The number of aliphatic imine (C=N–C) groups is 2. The van der Waals surface area contributed by atoms with Crippen LogP contribution in [0.4, 0.5) is 31.5 Å². The van der Waals surface area contributed by atoms with Gasteiger partial charge in [-0.3, -0.25) is 9.98 Å². The van der Waals surface area contributed by atoms with Gasteiger partial charge < -0.3 is 10.6 Å². The highest BCUT2D eigenvalue weighted by molar-refractivity contribution is 5.98. The lowest BCUT2D eigenvalue weighted by Gasteiger charge is -2.13. The van der Waals surface area contributed by atoms with Gasteiger partial charge >= 0.3 is 0 Å². The zero-order valence-corrected chi connectivity index (χ0v) is 16.3. The van der Waals surface area contributed by atoms with Crippen molar-refractivity contribution in [2.75, 3.05) is 10.6 Å². The van der Waals surface area contributed by atoms with Gasteiger partial charge in [0, 0.05) is 28.9 Å². The maximum Gasteiger partial charge on any atom is 0.125 e. The Kier molecular flexibility index (Phi) is 5.68. The minimum atomic E-state index is -0.360. The number of benzene rings is 2. The smallest absolute Gasteiger partial charge is 0.125 e. The van der Waals surface area contributed by atoms with E-state index >= 15 is 0 Å². The highest BCUT2D eigenvalue weighted by atomic mass is 19.1. The van der Waals surface area contributed by atoms with Gasteiger partial charge in [-0.2, -0.15) is 0 Å². The lowest BCUT2D eigenvalue weighted by Crippen LogP contribution is -2.02. The molecule has 0 saturated carbocycles. The summed E-state index contributed by atoms with van der Waals surface area (Å²) in [4.78, 5) is 9.13. The number of allylic oxidation sites excluding steroid dienone is 4. The normalized spacial score (nSPS) is 18.5. The van der Waals surface area contributed by atoms with Gasteiger partial charge in [0.2, 0.25) is 0 Å². The number of hydrogen-bond donors (Lipinski definition) is 2. The Bertz CT molecular complexity index is 1030. The summed E-state index contributed by atoms with van der Waals surface area (Å²) < 4.78 is 27.5. The van der Waals surface area contributed by atoms with Crippen LogP contribution in [0.15, 0.2) is 69.9 Å². The number of hydrogen-bond acceptors (Lipinski definition) is 4. The molecular formula is C22H22F2N4. The molecule has 1 aliphatic rings. The zero-order valence-electron chi connectivity index (χ0n) is 16.3. The average Bonchev–Trinajstić information content (AvgIpc) is 2.58. The van der Waals surface area contributed by atoms with Crippen LogP contribution in [0.2, 0.25) is 0 Å². The number of anilines is 2. The van der Waals surface area contributed by atoms with Gasteiger partial charge in [0.05, 0.1) is 22.7 Å². The molecular weight excluding hydrogens is 358 g/mol. The predicted octanol–water partition coefficient (Wildman–Crippen LogP) is 6.49. The first kappa shape index (κ1) is 19.5. The summed E-state index contributed by atoms with van der Waals surface area (Å²) in [5.41, 5.74) is 5.37. The van der Waals surface area contributed by atoms with Crippen LogP contribution in [0.1, 0.15) is 27.7 Å². The monoisotopic (exact) mass is 380 g/mol. The molecule has 0 unspecified atom stereocenters. The number of fused-ring (bicyclic) bond motifs is 2. The molecule has 144 valence electrons. The van der Waals surface area contributed by atoms with E-state index in [1.807, 2.05) is 39.8 Å². The lowest BCUT2D eigenvalue weighted by molar-refractivity contribution is 0.628. The fourth-order valence-corrected chi connectivity index (χ4v) is 2.98. The van der Waals surface area contributed by atoms with Crippen LogP contribution in [-0.4, -0.2) is 11.4 Å². The van der Waals surface area contributed by atoms with Crippen molar-refractivity contribution in [1.29, 1.82) is 0 Å². The predicted molar refractivity (Wildman–Crippen MR) is 113 cm³/mol. The summed E-state index contributed by atoms with van der Waals surface area (Å²) in [6.07, 6.45) is 3.68. The molecule has 1 heterocycles. The molecule has 0 atom stereocenters. The zero-order chi connectivity index (χ0) is 20.3. The molecule has 28 heavy (non-hydrogen) atoms. The summed E-state index contributed by atoms with van der Waals surface area (Å²) in [6.45, 7) is 7.43. The van der Waals surface area contributed by atoms with Crippen molar-refractivity contribution >= 4 is 34.2 Å². The molecule has 0 radical (unpaired) electrons. The van der Waals surface area contributed by atoms with Crippen molar-refractivity contribution in [2.45, 2.75) is 27.7 Å². The fourth-order valence-electron chi connectivity index (χ4n) is 2.98. The Morgan fingerprint density at radius 3 is 1.86 bits per heavy atom.